The quantitative estimate of drug-likeness (QED) is 0.334. The van der Waals surface area contributed by atoms with Crippen molar-refractivity contribution < 1.29 is 9.59 Å². The lowest BCUT2D eigenvalue weighted by Gasteiger charge is -2.27. The Bertz CT molecular complexity index is 293. The monoisotopic (exact) mass is 259 g/mol. The Balaban J connectivity index is 4.23. The summed E-state index contributed by atoms with van der Waals surface area (Å²) in [6.45, 7) is 3.84. The fourth-order valence-electron chi connectivity index (χ4n) is 1.35. The predicted octanol–water partition coefficient (Wildman–Crippen LogP) is -2.20. The molecule has 0 aliphatic rings. The maximum absolute atomic E-state index is 11.6. The van der Waals surface area contributed by atoms with Gasteiger partial charge < -0.3 is 28.3 Å². The van der Waals surface area contributed by atoms with Gasteiger partial charge in [0.05, 0.1) is 12.1 Å². The van der Waals surface area contributed by atoms with Crippen molar-refractivity contribution in [2.45, 2.75) is 44.3 Å². The van der Waals surface area contributed by atoms with Crippen LogP contribution in [0.15, 0.2) is 0 Å². The van der Waals surface area contributed by atoms with Gasteiger partial charge in [-0.15, -0.1) is 0 Å². The largest absolute Gasteiger partial charge is 0.350 e. The van der Waals surface area contributed by atoms with Crippen LogP contribution in [-0.2, 0) is 9.59 Å². The minimum absolute atomic E-state index is 0.0822. The van der Waals surface area contributed by atoms with Crippen molar-refractivity contribution in [3.63, 3.8) is 0 Å². The minimum atomic E-state index is -0.730. The van der Waals surface area contributed by atoms with Crippen LogP contribution in [0.25, 0.3) is 0 Å². The number of ketones is 1. The molecule has 9 N–H and O–H groups in total. The Labute approximate surface area is 108 Å². The van der Waals surface area contributed by atoms with Crippen molar-refractivity contribution in [3.05, 3.63) is 0 Å². The molecule has 7 nitrogen and oxygen atoms in total. The van der Waals surface area contributed by atoms with Gasteiger partial charge in [-0.05, 0) is 20.3 Å². The Hall–Kier alpha value is -1.02. The van der Waals surface area contributed by atoms with Crippen molar-refractivity contribution in [1.29, 1.82) is 0 Å². The Morgan fingerprint density at radius 2 is 1.61 bits per heavy atom. The molecule has 2 atom stereocenters. The number of carbonyl (C=O) groups excluding carboxylic acids is 2. The third-order valence-corrected chi connectivity index (χ3v) is 2.72. The summed E-state index contributed by atoms with van der Waals surface area (Å²) >= 11 is 0. The van der Waals surface area contributed by atoms with Crippen LogP contribution in [-0.4, -0.2) is 42.4 Å². The number of rotatable bonds is 8. The molecule has 2 unspecified atom stereocenters. The molecule has 0 heterocycles. The van der Waals surface area contributed by atoms with Crippen LogP contribution < -0.4 is 28.3 Å². The third-order valence-electron chi connectivity index (χ3n) is 2.72. The summed E-state index contributed by atoms with van der Waals surface area (Å²) in [6.07, 6.45) is 0.742. The molecule has 1 amide bonds. The number of hydrogen-bond acceptors (Lipinski definition) is 6. The average molecular weight is 259 g/mol. The Morgan fingerprint density at radius 3 is 2.06 bits per heavy atom. The van der Waals surface area contributed by atoms with Gasteiger partial charge in [0.1, 0.15) is 0 Å². The van der Waals surface area contributed by atoms with E-state index < -0.39 is 17.6 Å². The summed E-state index contributed by atoms with van der Waals surface area (Å²) in [5.41, 5.74) is 21.1. The maximum atomic E-state index is 11.6. The smallest absolute Gasteiger partial charge is 0.238 e. The van der Waals surface area contributed by atoms with Crippen molar-refractivity contribution in [1.82, 2.24) is 5.32 Å². The van der Waals surface area contributed by atoms with E-state index in [1.807, 2.05) is 13.8 Å². The second-order valence-corrected chi connectivity index (χ2v) is 5.02. The lowest BCUT2D eigenvalue weighted by atomic mass is 9.94. The second kappa shape index (κ2) is 7.42. The molecule has 0 bridgehead atoms. The molecule has 0 rings (SSSR count). The molecule has 0 radical (unpaired) electrons. The lowest BCUT2D eigenvalue weighted by molar-refractivity contribution is -0.125. The van der Waals surface area contributed by atoms with Crippen LogP contribution in [0.3, 0.4) is 0 Å². The van der Waals surface area contributed by atoms with Crippen LogP contribution in [0.1, 0.15) is 26.7 Å². The van der Waals surface area contributed by atoms with E-state index in [0.717, 1.165) is 0 Å². The summed E-state index contributed by atoms with van der Waals surface area (Å²) in [7, 11) is 0. The van der Waals surface area contributed by atoms with Gasteiger partial charge in [0.25, 0.3) is 0 Å². The normalized spacial score (nSPS) is 15.0. The summed E-state index contributed by atoms with van der Waals surface area (Å²) in [4.78, 5) is 23.1. The van der Waals surface area contributed by atoms with Crippen LogP contribution in [0.2, 0.25) is 0 Å². The van der Waals surface area contributed by atoms with E-state index in [9.17, 15) is 9.59 Å². The van der Waals surface area contributed by atoms with Crippen molar-refractivity contribution in [2.75, 3.05) is 13.1 Å². The highest BCUT2D eigenvalue weighted by molar-refractivity contribution is 5.84. The van der Waals surface area contributed by atoms with E-state index >= 15 is 0 Å². The molecular weight excluding hydrogens is 234 g/mol. The highest BCUT2D eigenvalue weighted by Gasteiger charge is 2.24. The molecule has 0 aromatic rings. The molecule has 0 aromatic heterocycles. The number of Topliss-reactive ketones (excluding diaryl/α,β-unsaturated/α-hetero) is 1. The number of nitrogens with two attached hydrogens (primary N) is 4. The lowest BCUT2D eigenvalue weighted by Crippen LogP contribution is -2.53. The standard InChI is InChI=1S/C11H25N5O2/c1-11(2,16-10(18)8(15)6-13)4-3-9(17)7(14)5-12/h7-8H,3-6,12-15H2,1-2H3,(H,16,18). The first kappa shape index (κ1) is 17.0. The van der Waals surface area contributed by atoms with E-state index in [1.165, 1.54) is 0 Å². The maximum Gasteiger partial charge on any atom is 0.238 e. The number of nitrogens with one attached hydrogen (secondary N) is 1. The second-order valence-electron chi connectivity index (χ2n) is 5.02. The zero-order valence-corrected chi connectivity index (χ0v) is 11.1. The van der Waals surface area contributed by atoms with Crippen molar-refractivity contribution in [3.8, 4) is 0 Å². The van der Waals surface area contributed by atoms with Gasteiger partial charge in [-0.3, -0.25) is 9.59 Å². The molecule has 18 heavy (non-hydrogen) atoms. The molecule has 0 spiro atoms. The van der Waals surface area contributed by atoms with E-state index in [4.69, 9.17) is 22.9 Å². The van der Waals surface area contributed by atoms with E-state index in [0.29, 0.717) is 6.42 Å². The molecule has 0 saturated carbocycles. The van der Waals surface area contributed by atoms with E-state index in [1.54, 1.807) is 0 Å². The first-order chi connectivity index (χ1) is 8.23. The van der Waals surface area contributed by atoms with Crippen LogP contribution in [0.4, 0.5) is 0 Å². The molecule has 106 valence electrons. The van der Waals surface area contributed by atoms with E-state index in [2.05, 4.69) is 5.32 Å². The summed E-state index contributed by atoms with van der Waals surface area (Å²) in [6, 6.07) is -1.37. The Morgan fingerprint density at radius 1 is 1.11 bits per heavy atom. The number of amides is 1. The highest BCUT2D eigenvalue weighted by atomic mass is 16.2. The molecular formula is C11H25N5O2. The molecule has 0 aliphatic heterocycles. The van der Waals surface area contributed by atoms with Gasteiger partial charge in [0, 0.05) is 25.0 Å². The van der Waals surface area contributed by atoms with Crippen LogP contribution in [0.5, 0.6) is 0 Å². The third kappa shape index (κ3) is 6.06. The predicted molar refractivity (Wildman–Crippen MR) is 70.5 cm³/mol. The summed E-state index contributed by atoms with van der Waals surface area (Å²) in [5, 5.41) is 2.75. The molecule has 0 saturated heterocycles. The SMILES string of the molecule is CC(C)(CCC(=O)C(N)CN)NC(=O)C(N)CN. The van der Waals surface area contributed by atoms with Gasteiger partial charge in [-0.1, -0.05) is 0 Å². The zero-order chi connectivity index (χ0) is 14.3. The fourth-order valence-corrected chi connectivity index (χ4v) is 1.35. The van der Waals surface area contributed by atoms with Gasteiger partial charge in [0.15, 0.2) is 5.78 Å². The van der Waals surface area contributed by atoms with Crippen LogP contribution >= 0.6 is 0 Å². The summed E-state index contributed by atoms with van der Waals surface area (Å²) in [5.74, 6) is -0.430. The average Bonchev–Trinajstić information content (AvgIpc) is 2.33. The summed E-state index contributed by atoms with van der Waals surface area (Å²) < 4.78 is 0. The highest BCUT2D eigenvalue weighted by Crippen LogP contribution is 2.12. The zero-order valence-electron chi connectivity index (χ0n) is 11.1. The van der Waals surface area contributed by atoms with Gasteiger partial charge in [-0.25, -0.2) is 0 Å². The van der Waals surface area contributed by atoms with Crippen molar-refractivity contribution in [2.24, 2.45) is 22.9 Å². The van der Waals surface area contributed by atoms with Gasteiger partial charge in [-0.2, -0.15) is 0 Å². The number of carbonyl (C=O) groups is 2. The van der Waals surface area contributed by atoms with E-state index in [-0.39, 0.29) is 31.2 Å². The topological polar surface area (TPSA) is 150 Å². The Kier molecular flexibility index (Phi) is 7.00. The first-order valence-electron chi connectivity index (χ1n) is 5.99. The molecule has 0 aliphatic carbocycles. The molecule has 0 aromatic carbocycles. The van der Waals surface area contributed by atoms with Gasteiger partial charge >= 0.3 is 0 Å². The van der Waals surface area contributed by atoms with Gasteiger partial charge in [0.2, 0.25) is 5.91 Å². The van der Waals surface area contributed by atoms with Crippen molar-refractivity contribution >= 4 is 11.7 Å². The molecule has 0 fully saturated rings. The van der Waals surface area contributed by atoms with Crippen LogP contribution in [0, 0.1) is 0 Å². The molecule has 7 heteroatoms. The fraction of sp³-hybridized carbons (Fsp3) is 0.818. The first-order valence-corrected chi connectivity index (χ1v) is 5.99. The number of hydrogen-bond donors (Lipinski definition) is 5. The minimum Gasteiger partial charge on any atom is -0.350 e.